The second-order valence-corrected chi connectivity index (χ2v) is 4.56. The maximum Gasteiger partial charge on any atom is 0.269 e. The van der Waals surface area contributed by atoms with Crippen LogP contribution in [0.25, 0.3) is 0 Å². The van der Waals surface area contributed by atoms with Crippen LogP contribution in [0.3, 0.4) is 0 Å². The highest BCUT2D eigenvalue weighted by molar-refractivity contribution is 5.71. The Bertz CT molecular complexity index is 704. The molecule has 0 radical (unpaired) electrons. The average Bonchev–Trinajstić information content (AvgIpc) is 2.49. The van der Waals surface area contributed by atoms with Crippen LogP contribution in [0.1, 0.15) is 5.56 Å². The Morgan fingerprint density at radius 3 is 3.05 bits per heavy atom. The number of fused-ring (bicyclic) bond motifs is 1. The highest BCUT2D eigenvalue weighted by Gasteiger charge is 2.17. The van der Waals surface area contributed by atoms with E-state index in [9.17, 15) is 10.1 Å². The zero-order valence-corrected chi connectivity index (χ0v) is 11.3. The van der Waals surface area contributed by atoms with Gasteiger partial charge in [0.05, 0.1) is 11.5 Å². The van der Waals surface area contributed by atoms with Gasteiger partial charge in [-0.1, -0.05) is 0 Å². The fraction of sp³-hybridized carbons (Fsp3) is 0.231. The molecule has 0 bridgehead atoms. The molecule has 2 heterocycles. The summed E-state index contributed by atoms with van der Waals surface area (Å²) >= 11 is 0. The molecule has 8 heteroatoms. The Kier molecular flexibility index (Phi) is 3.27. The molecule has 0 fully saturated rings. The molecule has 0 saturated heterocycles. The van der Waals surface area contributed by atoms with Crippen LogP contribution < -0.4 is 15.4 Å². The summed E-state index contributed by atoms with van der Waals surface area (Å²) < 4.78 is 5.57. The molecule has 1 aromatic carbocycles. The predicted octanol–water partition coefficient (Wildman–Crippen LogP) is 2.24. The average molecular weight is 287 g/mol. The first kappa shape index (κ1) is 13.1. The number of benzene rings is 1. The molecule has 0 aliphatic carbocycles. The molecule has 2 aromatic rings. The molecular weight excluding hydrogens is 274 g/mol. The third-order valence-corrected chi connectivity index (χ3v) is 3.12. The van der Waals surface area contributed by atoms with E-state index >= 15 is 0 Å². The minimum atomic E-state index is -0.420. The molecule has 1 aromatic heterocycles. The van der Waals surface area contributed by atoms with Crippen molar-refractivity contribution in [2.45, 2.75) is 6.92 Å². The summed E-state index contributed by atoms with van der Waals surface area (Å²) in [6.07, 6.45) is 1.43. The fourth-order valence-electron chi connectivity index (χ4n) is 2.08. The lowest BCUT2D eigenvalue weighted by molar-refractivity contribution is -0.384. The van der Waals surface area contributed by atoms with Crippen molar-refractivity contribution in [3.63, 3.8) is 0 Å². The highest BCUT2D eigenvalue weighted by atomic mass is 16.6. The van der Waals surface area contributed by atoms with Gasteiger partial charge in [0, 0.05) is 17.8 Å². The van der Waals surface area contributed by atoms with E-state index in [1.54, 1.807) is 13.0 Å². The van der Waals surface area contributed by atoms with Crippen LogP contribution in [0.5, 0.6) is 5.75 Å². The van der Waals surface area contributed by atoms with E-state index in [0.29, 0.717) is 30.5 Å². The van der Waals surface area contributed by atoms with Gasteiger partial charge in [0.1, 0.15) is 12.9 Å². The zero-order chi connectivity index (χ0) is 14.8. The molecule has 0 saturated carbocycles. The smallest absolute Gasteiger partial charge is 0.269 e. The minimum absolute atomic E-state index is 0.0562. The minimum Gasteiger partial charge on any atom is -0.485 e. The highest BCUT2D eigenvalue weighted by Crippen LogP contribution is 2.34. The van der Waals surface area contributed by atoms with E-state index in [-0.39, 0.29) is 5.69 Å². The van der Waals surface area contributed by atoms with Gasteiger partial charge >= 0.3 is 0 Å². The Morgan fingerprint density at radius 1 is 1.43 bits per heavy atom. The third kappa shape index (κ3) is 2.55. The van der Waals surface area contributed by atoms with Gasteiger partial charge in [-0.25, -0.2) is 9.97 Å². The zero-order valence-electron chi connectivity index (χ0n) is 11.3. The molecule has 1 aliphatic rings. The van der Waals surface area contributed by atoms with Gasteiger partial charge < -0.3 is 15.4 Å². The number of nitrogens with one attached hydrogen (secondary N) is 2. The largest absolute Gasteiger partial charge is 0.485 e. The van der Waals surface area contributed by atoms with Crippen molar-refractivity contribution in [3.8, 4) is 5.75 Å². The first-order valence-electron chi connectivity index (χ1n) is 6.39. The molecule has 21 heavy (non-hydrogen) atoms. The standard InChI is InChI=1S/C13H13N5O3/c1-8-6-9(18(19)20)2-3-10(8)17-13-11-12(15-7-16-13)14-4-5-21-11/h2-3,6-7H,4-5H2,1H3,(H2,14,15,16,17). The number of nitro benzene ring substituents is 1. The van der Waals surface area contributed by atoms with Crippen LogP contribution in [-0.2, 0) is 0 Å². The van der Waals surface area contributed by atoms with E-state index < -0.39 is 4.92 Å². The van der Waals surface area contributed by atoms with E-state index in [1.807, 2.05) is 0 Å². The summed E-state index contributed by atoms with van der Waals surface area (Å²) in [6.45, 7) is 3.02. The summed E-state index contributed by atoms with van der Waals surface area (Å²) in [4.78, 5) is 18.6. The van der Waals surface area contributed by atoms with Gasteiger partial charge in [0.25, 0.3) is 5.69 Å². The summed E-state index contributed by atoms with van der Waals surface area (Å²) in [5.74, 6) is 1.73. The van der Waals surface area contributed by atoms with Gasteiger partial charge in [-0.3, -0.25) is 10.1 Å². The van der Waals surface area contributed by atoms with Crippen molar-refractivity contribution in [2.75, 3.05) is 23.8 Å². The van der Waals surface area contributed by atoms with Crippen molar-refractivity contribution in [3.05, 3.63) is 40.2 Å². The van der Waals surface area contributed by atoms with Crippen LogP contribution in [0, 0.1) is 17.0 Å². The number of rotatable bonds is 3. The number of hydrogen-bond donors (Lipinski definition) is 2. The normalized spacial score (nSPS) is 12.8. The number of aryl methyl sites for hydroxylation is 1. The molecule has 0 spiro atoms. The second kappa shape index (κ2) is 5.23. The number of nitro groups is 1. The number of non-ortho nitro benzene ring substituents is 1. The third-order valence-electron chi connectivity index (χ3n) is 3.12. The second-order valence-electron chi connectivity index (χ2n) is 4.56. The molecule has 0 amide bonds. The Hall–Kier alpha value is -2.90. The number of ether oxygens (including phenoxy) is 1. The van der Waals surface area contributed by atoms with Crippen molar-refractivity contribution in [1.82, 2.24) is 9.97 Å². The molecule has 8 nitrogen and oxygen atoms in total. The predicted molar refractivity (Wildman–Crippen MR) is 77.1 cm³/mol. The van der Waals surface area contributed by atoms with Crippen LogP contribution in [0.15, 0.2) is 24.5 Å². The SMILES string of the molecule is Cc1cc([N+](=O)[O-])ccc1Nc1ncnc2c1OCCN2. The lowest BCUT2D eigenvalue weighted by Gasteiger charge is -2.20. The quantitative estimate of drug-likeness (QED) is 0.659. The Labute approximate surface area is 120 Å². The van der Waals surface area contributed by atoms with Crippen LogP contribution in [0.4, 0.5) is 23.0 Å². The van der Waals surface area contributed by atoms with Crippen molar-refractivity contribution >= 4 is 23.0 Å². The van der Waals surface area contributed by atoms with Gasteiger partial charge in [-0.2, -0.15) is 0 Å². The summed E-state index contributed by atoms with van der Waals surface area (Å²) in [5, 5.41) is 17.0. The molecule has 0 unspecified atom stereocenters. The van der Waals surface area contributed by atoms with Crippen LogP contribution >= 0.6 is 0 Å². The summed E-state index contributed by atoms with van der Waals surface area (Å²) in [5.41, 5.74) is 1.54. The lowest BCUT2D eigenvalue weighted by Crippen LogP contribution is -2.20. The molecule has 0 atom stereocenters. The Morgan fingerprint density at radius 2 is 2.29 bits per heavy atom. The fourth-order valence-corrected chi connectivity index (χ4v) is 2.08. The lowest BCUT2D eigenvalue weighted by atomic mass is 10.2. The van der Waals surface area contributed by atoms with E-state index in [0.717, 1.165) is 11.3 Å². The van der Waals surface area contributed by atoms with Crippen molar-refractivity contribution in [2.24, 2.45) is 0 Å². The van der Waals surface area contributed by atoms with Crippen molar-refractivity contribution < 1.29 is 9.66 Å². The van der Waals surface area contributed by atoms with Gasteiger partial charge in [0.15, 0.2) is 11.6 Å². The van der Waals surface area contributed by atoms with Crippen molar-refractivity contribution in [1.29, 1.82) is 0 Å². The van der Waals surface area contributed by atoms with Gasteiger partial charge in [-0.15, -0.1) is 0 Å². The Balaban J connectivity index is 1.92. The molecule has 3 rings (SSSR count). The monoisotopic (exact) mass is 287 g/mol. The number of nitrogens with zero attached hydrogens (tertiary/aromatic N) is 3. The van der Waals surface area contributed by atoms with Crippen LogP contribution in [-0.4, -0.2) is 28.0 Å². The number of hydrogen-bond acceptors (Lipinski definition) is 7. The summed E-state index contributed by atoms with van der Waals surface area (Å²) in [6, 6.07) is 4.61. The molecule has 1 aliphatic heterocycles. The molecular formula is C13H13N5O3. The maximum absolute atomic E-state index is 10.8. The van der Waals surface area contributed by atoms with Gasteiger partial charge in [-0.05, 0) is 18.6 Å². The van der Waals surface area contributed by atoms with E-state index in [1.165, 1.54) is 18.5 Å². The molecule has 108 valence electrons. The first-order valence-corrected chi connectivity index (χ1v) is 6.39. The van der Waals surface area contributed by atoms with Gasteiger partial charge in [0.2, 0.25) is 5.75 Å². The number of aromatic nitrogens is 2. The molecule has 2 N–H and O–H groups in total. The first-order chi connectivity index (χ1) is 10.1. The summed E-state index contributed by atoms with van der Waals surface area (Å²) in [7, 11) is 0. The van der Waals surface area contributed by atoms with Crippen LogP contribution in [0.2, 0.25) is 0 Å². The van der Waals surface area contributed by atoms with E-state index in [2.05, 4.69) is 20.6 Å². The topological polar surface area (TPSA) is 102 Å². The number of anilines is 3. The van der Waals surface area contributed by atoms with E-state index in [4.69, 9.17) is 4.74 Å². The maximum atomic E-state index is 10.8.